The summed E-state index contributed by atoms with van der Waals surface area (Å²) in [4.78, 5) is 13.1. The lowest BCUT2D eigenvalue weighted by molar-refractivity contribution is 0.195. The van der Waals surface area contributed by atoms with Gasteiger partial charge in [0.25, 0.3) is 6.71 Å². The van der Waals surface area contributed by atoms with Crippen molar-refractivity contribution in [3.05, 3.63) is 216 Å². The molecule has 9 aromatic rings. The van der Waals surface area contributed by atoms with Gasteiger partial charge in [0.2, 0.25) is 0 Å². The van der Waals surface area contributed by atoms with Gasteiger partial charge in [-0.3, -0.25) is 4.98 Å². The third-order valence-corrected chi connectivity index (χ3v) is 21.6. The van der Waals surface area contributed by atoms with E-state index >= 15 is 0 Å². The number of pyridine rings is 1. The third-order valence-electron chi connectivity index (χ3n) is 21.6. The van der Waals surface area contributed by atoms with E-state index in [9.17, 15) is 0 Å². The van der Waals surface area contributed by atoms with Gasteiger partial charge in [-0.25, -0.2) is 0 Å². The molecular formula is C81H87BN4. The van der Waals surface area contributed by atoms with Crippen LogP contribution in [0.2, 0.25) is 0 Å². The summed E-state index contributed by atoms with van der Waals surface area (Å²) in [6.07, 6.45) is 8.87. The molecule has 5 aliphatic rings. The lowest BCUT2D eigenvalue weighted by atomic mass is 9.33. The molecule has 4 nitrogen and oxygen atoms in total. The second kappa shape index (κ2) is 19.4. The molecule has 0 N–H and O–H groups in total. The van der Waals surface area contributed by atoms with E-state index in [2.05, 4.69) is 288 Å². The first-order chi connectivity index (χ1) is 40.8. The van der Waals surface area contributed by atoms with Crippen molar-refractivity contribution < 1.29 is 0 Å². The lowest BCUT2D eigenvalue weighted by Crippen LogP contribution is -2.62. The molecule has 1 saturated carbocycles. The molecular weight excluding hydrogens is 1040 g/mol. The summed E-state index contributed by atoms with van der Waals surface area (Å²) in [7, 11) is 0. The maximum atomic E-state index is 4.88. The molecule has 434 valence electrons. The summed E-state index contributed by atoms with van der Waals surface area (Å²) in [5.41, 5.74) is 29.0. The lowest BCUT2D eigenvalue weighted by Gasteiger charge is -2.51. The van der Waals surface area contributed by atoms with Crippen molar-refractivity contribution in [2.24, 2.45) is 0 Å². The van der Waals surface area contributed by atoms with Gasteiger partial charge in [0.15, 0.2) is 0 Å². The molecule has 8 aromatic carbocycles. The second-order valence-corrected chi connectivity index (χ2v) is 31.0. The van der Waals surface area contributed by atoms with Gasteiger partial charge in [-0.15, -0.1) is 0 Å². The Morgan fingerprint density at radius 1 is 0.395 bits per heavy atom. The van der Waals surface area contributed by atoms with Gasteiger partial charge >= 0.3 is 0 Å². The van der Waals surface area contributed by atoms with E-state index in [4.69, 9.17) is 4.98 Å². The van der Waals surface area contributed by atoms with Crippen molar-refractivity contribution >= 4 is 68.6 Å². The molecule has 0 saturated heterocycles. The van der Waals surface area contributed by atoms with Crippen molar-refractivity contribution in [3.8, 4) is 33.5 Å². The Kier molecular flexibility index (Phi) is 12.7. The average molecular weight is 1130 g/mol. The van der Waals surface area contributed by atoms with Crippen LogP contribution in [0.25, 0.3) is 33.5 Å². The van der Waals surface area contributed by atoms with Crippen molar-refractivity contribution in [3.63, 3.8) is 0 Å². The molecule has 0 bridgehead atoms. The van der Waals surface area contributed by atoms with Crippen molar-refractivity contribution in [1.82, 2.24) is 4.98 Å². The molecule has 2 atom stereocenters. The van der Waals surface area contributed by atoms with Gasteiger partial charge in [0.1, 0.15) is 0 Å². The molecule has 0 spiro atoms. The van der Waals surface area contributed by atoms with Gasteiger partial charge in [-0.1, -0.05) is 207 Å². The fraction of sp³-hybridized carbons (Fsp3) is 0.346. The predicted octanol–water partition coefficient (Wildman–Crippen LogP) is 20.1. The van der Waals surface area contributed by atoms with Crippen LogP contribution in [0.1, 0.15) is 176 Å². The zero-order valence-corrected chi connectivity index (χ0v) is 53.9. The van der Waals surface area contributed by atoms with Gasteiger partial charge in [0.05, 0.1) is 22.6 Å². The molecule has 1 aromatic heterocycles. The van der Waals surface area contributed by atoms with Gasteiger partial charge < -0.3 is 14.7 Å². The van der Waals surface area contributed by atoms with Gasteiger partial charge in [-0.2, -0.15) is 0 Å². The smallest absolute Gasteiger partial charge is 0.252 e. The molecule has 5 heteroatoms. The van der Waals surface area contributed by atoms with E-state index in [1.165, 1.54) is 136 Å². The van der Waals surface area contributed by atoms with E-state index in [1.54, 1.807) is 0 Å². The Labute approximate surface area is 514 Å². The number of aromatic nitrogens is 1. The highest BCUT2D eigenvalue weighted by atomic mass is 15.3. The predicted molar refractivity (Wildman–Crippen MR) is 369 cm³/mol. The van der Waals surface area contributed by atoms with E-state index < -0.39 is 0 Å². The molecule has 4 heterocycles. The second-order valence-electron chi connectivity index (χ2n) is 31.0. The normalized spacial score (nSPS) is 19.9. The molecule has 86 heavy (non-hydrogen) atoms. The molecule has 0 amide bonds. The number of hydrogen-bond donors (Lipinski definition) is 0. The zero-order chi connectivity index (χ0) is 60.3. The Morgan fingerprint density at radius 2 is 0.919 bits per heavy atom. The number of rotatable bonds is 6. The van der Waals surface area contributed by atoms with Crippen LogP contribution in [0.15, 0.2) is 182 Å². The summed E-state index contributed by atoms with van der Waals surface area (Å²) < 4.78 is 0. The standard InChI is InChI=1S/C81H87BN4/c1-75(2,3)55-32-37-67(59(45-55)52-26-18-16-19-27-52)84-70-49-58(86-69-36-31-54(66-30-22-25-43-83-66)44-63(69)80(14)39-23-24-40-81(80,86)15)34-35-64(70)82-65-50-61-62(79(12,13)42-41-78(61,10)11)51-71(65)85(73-48-57(77(7,8)9)47-72(84)74(73)82)68-38-33-56(76(4,5)6)46-60(68)53-28-20-17-21-29-53/h16-22,25-38,43-51H,23-24,39-42H2,1-15H3. The van der Waals surface area contributed by atoms with E-state index in [0.29, 0.717) is 0 Å². The van der Waals surface area contributed by atoms with Gasteiger partial charge in [-0.05, 0) is 199 Å². The van der Waals surface area contributed by atoms with Crippen molar-refractivity contribution in [1.29, 1.82) is 0 Å². The summed E-state index contributed by atoms with van der Waals surface area (Å²) in [6.45, 7) is 36.4. The number of fused-ring (bicyclic) bond motifs is 8. The van der Waals surface area contributed by atoms with Crippen LogP contribution in [0.4, 0.5) is 45.5 Å². The highest BCUT2D eigenvalue weighted by molar-refractivity contribution is 7.00. The van der Waals surface area contributed by atoms with Crippen LogP contribution < -0.4 is 31.1 Å². The molecule has 2 aliphatic carbocycles. The Balaban J connectivity index is 1.12. The topological polar surface area (TPSA) is 22.6 Å². The number of benzene rings is 8. The Hall–Kier alpha value is -7.63. The van der Waals surface area contributed by atoms with E-state index in [-0.39, 0.29) is 44.7 Å². The molecule has 1 fully saturated rings. The van der Waals surface area contributed by atoms with Gasteiger partial charge in [0, 0.05) is 62.4 Å². The van der Waals surface area contributed by atoms with Crippen LogP contribution in [-0.2, 0) is 32.5 Å². The quantitative estimate of drug-likeness (QED) is 0.155. The minimum absolute atomic E-state index is 0.0120. The Morgan fingerprint density at radius 3 is 1.47 bits per heavy atom. The fourth-order valence-electron chi connectivity index (χ4n) is 16.1. The van der Waals surface area contributed by atoms with Crippen LogP contribution in [0, 0.1) is 0 Å². The maximum absolute atomic E-state index is 4.88. The maximum Gasteiger partial charge on any atom is 0.252 e. The van der Waals surface area contributed by atoms with E-state index in [1.807, 2.05) is 12.3 Å². The zero-order valence-electron chi connectivity index (χ0n) is 53.9. The first kappa shape index (κ1) is 56.2. The average Bonchev–Trinajstić information content (AvgIpc) is 1.10. The van der Waals surface area contributed by atoms with Crippen molar-refractivity contribution in [2.45, 2.75) is 180 Å². The van der Waals surface area contributed by atoms with Crippen LogP contribution in [0.3, 0.4) is 0 Å². The number of anilines is 8. The fourth-order valence-corrected chi connectivity index (χ4v) is 16.1. The largest absolute Gasteiger partial charge is 0.334 e. The SMILES string of the molecule is CC(C)(C)c1ccc(N2c3cc(N4c5ccc(-c6ccccn6)cc5C5(C)CCCCC45C)ccc3B3c4cc5c(cc4N(c4ccc(C(C)(C)C)cc4-c4ccccc4)c4cc(C(C)(C)C)cc2c43)C(C)(C)CCC5(C)C)c(-c2ccccc2)c1. The number of nitrogens with zero attached hydrogens (tertiary/aromatic N) is 4. The minimum atomic E-state index is -0.202. The van der Waals surface area contributed by atoms with Crippen LogP contribution in [-0.4, -0.2) is 17.2 Å². The van der Waals surface area contributed by atoms with Crippen LogP contribution >= 0.6 is 0 Å². The van der Waals surface area contributed by atoms with Crippen LogP contribution in [0.5, 0.6) is 0 Å². The summed E-state index contributed by atoms with van der Waals surface area (Å²) in [5.74, 6) is 0. The first-order valence-electron chi connectivity index (χ1n) is 32.1. The third kappa shape index (κ3) is 8.70. The highest BCUT2D eigenvalue weighted by Gasteiger charge is 2.58. The molecule has 2 unspecified atom stereocenters. The molecule has 14 rings (SSSR count). The van der Waals surface area contributed by atoms with Crippen molar-refractivity contribution in [2.75, 3.05) is 14.7 Å². The highest BCUT2D eigenvalue weighted by Crippen LogP contribution is 2.62. The molecule has 0 radical (unpaired) electrons. The summed E-state index contributed by atoms with van der Waals surface area (Å²) in [6, 6.07) is 69.0. The first-order valence-corrected chi connectivity index (χ1v) is 32.1. The monoisotopic (exact) mass is 1130 g/mol. The van der Waals surface area contributed by atoms with E-state index in [0.717, 1.165) is 31.4 Å². The Bertz CT molecular complexity index is 4170. The minimum Gasteiger partial charge on any atom is -0.334 e. The molecule has 3 aliphatic heterocycles. The number of hydrogen-bond acceptors (Lipinski definition) is 4. The summed E-state index contributed by atoms with van der Waals surface area (Å²) >= 11 is 0. The summed E-state index contributed by atoms with van der Waals surface area (Å²) in [5, 5.41) is 0.